The Morgan fingerprint density at radius 2 is 1.59 bits per heavy atom. The minimum absolute atomic E-state index is 0.0275. The number of piperidine rings is 1. The number of nitrogens with zero attached hydrogens (tertiary/aromatic N) is 3. The third-order valence-electron chi connectivity index (χ3n) is 8.09. The Labute approximate surface area is 237 Å². The summed E-state index contributed by atoms with van der Waals surface area (Å²) in [6, 6.07) is 28.3. The highest BCUT2D eigenvalue weighted by molar-refractivity contribution is 6.30. The van der Waals surface area contributed by atoms with E-state index in [1.807, 2.05) is 59.5 Å². The first kappa shape index (κ1) is 27.4. The summed E-state index contributed by atoms with van der Waals surface area (Å²) in [5, 5.41) is 0.655. The molecule has 0 radical (unpaired) electrons. The van der Waals surface area contributed by atoms with Gasteiger partial charge in [-0.3, -0.25) is 9.59 Å². The Bertz CT molecular complexity index is 1230. The molecule has 2 heterocycles. The lowest BCUT2D eigenvalue weighted by atomic mass is 9.90. The quantitative estimate of drug-likeness (QED) is 0.312. The number of likely N-dealkylation sites (tertiary alicyclic amines) is 2. The number of hydrogen-bond acceptors (Lipinski definition) is 3. The van der Waals surface area contributed by atoms with Crippen LogP contribution in [0.25, 0.3) is 0 Å². The summed E-state index contributed by atoms with van der Waals surface area (Å²) in [4.78, 5) is 32.8. The molecule has 6 heteroatoms. The van der Waals surface area contributed by atoms with Crippen molar-refractivity contribution in [3.8, 4) is 0 Å². The predicted molar refractivity (Wildman–Crippen MR) is 158 cm³/mol. The molecular weight excluding hydrogens is 506 g/mol. The first-order chi connectivity index (χ1) is 19.0. The minimum atomic E-state index is -0.328. The summed E-state index contributed by atoms with van der Waals surface area (Å²) in [5.74, 6) is 0.496. The zero-order valence-electron chi connectivity index (χ0n) is 22.6. The van der Waals surface area contributed by atoms with Gasteiger partial charge in [-0.1, -0.05) is 72.3 Å². The lowest BCUT2D eigenvalue weighted by molar-refractivity contribution is -0.128. The van der Waals surface area contributed by atoms with Gasteiger partial charge in [-0.2, -0.15) is 0 Å². The number of benzene rings is 3. The van der Waals surface area contributed by atoms with Crippen molar-refractivity contribution in [1.82, 2.24) is 9.80 Å². The molecule has 5 rings (SSSR count). The van der Waals surface area contributed by atoms with Gasteiger partial charge in [0.2, 0.25) is 11.8 Å². The molecule has 2 amide bonds. The lowest BCUT2D eigenvalue weighted by Crippen LogP contribution is -2.40. The molecule has 5 nitrogen and oxygen atoms in total. The Kier molecular flexibility index (Phi) is 9.33. The number of carbonyl (C=O) groups is 2. The van der Waals surface area contributed by atoms with E-state index in [2.05, 4.69) is 35.2 Å². The Balaban J connectivity index is 1.14. The first-order valence-corrected chi connectivity index (χ1v) is 14.6. The van der Waals surface area contributed by atoms with Gasteiger partial charge >= 0.3 is 0 Å². The van der Waals surface area contributed by atoms with E-state index in [0.717, 1.165) is 43.2 Å². The molecule has 0 spiro atoms. The van der Waals surface area contributed by atoms with E-state index in [4.69, 9.17) is 11.6 Å². The van der Waals surface area contributed by atoms with Crippen LogP contribution in [0.4, 0.5) is 5.69 Å². The fourth-order valence-corrected chi connectivity index (χ4v) is 6.17. The number of halogens is 1. The summed E-state index contributed by atoms with van der Waals surface area (Å²) in [6.45, 7) is 4.81. The molecule has 2 saturated heterocycles. The second-order valence-corrected chi connectivity index (χ2v) is 11.4. The van der Waals surface area contributed by atoms with Crippen LogP contribution in [0.2, 0.25) is 5.02 Å². The monoisotopic (exact) mass is 543 g/mol. The molecule has 3 aromatic carbocycles. The highest BCUT2D eigenvalue weighted by Crippen LogP contribution is 2.26. The maximum absolute atomic E-state index is 13.8. The number of rotatable bonds is 10. The number of carbonyl (C=O) groups excluding carboxylic acids is 2. The molecule has 204 valence electrons. The van der Waals surface area contributed by atoms with Crippen molar-refractivity contribution in [2.24, 2.45) is 11.8 Å². The van der Waals surface area contributed by atoms with Crippen molar-refractivity contribution in [1.29, 1.82) is 0 Å². The van der Waals surface area contributed by atoms with Gasteiger partial charge in [0.25, 0.3) is 0 Å². The number of amides is 2. The van der Waals surface area contributed by atoms with E-state index >= 15 is 0 Å². The van der Waals surface area contributed by atoms with Crippen molar-refractivity contribution in [3.05, 3.63) is 101 Å². The van der Waals surface area contributed by atoms with E-state index in [-0.39, 0.29) is 24.2 Å². The van der Waals surface area contributed by atoms with E-state index in [1.165, 1.54) is 24.8 Å². The second-order valence-electron chi connectivity index (χ2n) is 11.0. The third-order valence-corrected chi connectivity index (χ3v) is 8.33. The van der Waals surface area contributed by atoms with Gasteiger partial charge in [-0.25, -0.2) is 0 Å². The van der Waals surface area contributed by atoms with Crippen LogP contribution in [0.1, 0.15) is 36.8 Å². The smallest absolute Gasteiger partial charge is 0.232 e. The fourth-order valence-electron chi connectivity index (χ4n) is 5.96. The molecule has 3 aromatic rings. The number of anilines is 1. The van der Waals surface area contributed by atoms with Crippen molar-refractivity contribution < 1.29 is 9.59 Å². The van der Waals surface area contributed by atoms with E-state index < -0.39 is 0 Å². The number of hydrogen-bond donors (Lipinski definition) is 0. The van der Waals surface area contributed by atoms with E-state index in [9.17, 15) is 9.59 Å². The van der Waals surface area contributed by atoms with E-state index in [0.29, 0.717) is 24.7 Å². The summed E-state index contributed by atoms with van der Waals surface area (Å²) < 4.78 is 0. The molecular formula is C33H38ClN3O2. The van der Waals surface area contributed by atoms with Crippen LogP contribution in [-0.2, 0) is 22.6 Å². The third kappa shape index (κ3) is 7.49. The lowest BCUT2D eigenvalue weighted by Gasteiger charge is -2.33. The molecule has 0 aromatic heterocycles. The fraction of sp³-hybridized carbons (Fsp3) is 0.394. The average Bonchev–Trinajstić information content (AvgIpc) is 3.32. The first-order valence-electron chi connectivity index (χ1n) is 14.2. The largest absolute Gasteiger partial charge is 0.338 e. The Morgan fingerprint density at radius 1 is 0.897 bits per heavy atom. The van der Waals surface area contributed by atoms with Gasteiger partial charge in [0.15, 0.2) is 0 Å². The molecule has 39 heavy (non-hydrogen) atoms. The van der Waals surface area contributed by atoms with Gasteiger partial charge in [0.1, 0.15) is 0 Å². The van der Waals surface area contributed by atoms with Gasteiger partial charge in [0, 0.05) is 36.8 Å². The molecule has 1 atom stereocenters. The predicted octanol–water partition coefficient (Wildman–Crippen LogP) is 6.07. The van der Waals surface area contributed by atoms with Crippen LogP contribution in [-0.4, -0.2) is 54.3 Å². The highest BCUT2D eigenvalue weighted by atomic mass is 35.5. The average molecular weight is 544 g/mol. The summed E-state index contributed by atoms with van der Waals surface area (Å²) in [6.07, 6.45) is 4.79. The Morgan fingerprint density at radius 3 is 2.31 bits per heavy atom. The normalized spacial score (nSPS) is 18.4. The van der Waals surface area contributed by atoms with Crippen molar-refractivity contribution in [3.63, 3.8) is 0 Å². The minimum Gasteiger partial charge on any atom is -0.338 e. The zero-order valence-corrected chi connectivity index (χ0v) is 23.3. The van der Waals surface area contributed by atoms with Gasteiger partial charge in [-0.05, 0) is 86.6 Å². The topological polar surface area (TPSA) is 43.9 Å². The molecule has 1 unspecified atom stereocenters. The molecule has 2 aliphatic rings. The van der Waals surface area contributed by atoms with Crippen molar-refractivity contribution in [2.45, 2.75) is 38.6 Å². The molecule has 0 bridgehead atoms. The molecule has 0 aliphatic carbocycles. The molecule has 0 N–H and O–H groups in total. The molecule has 2 fully saturated rings. The van der Waals surface area contributed by atoms with Crippen LogP contribution < -0.4 is 4.90 Å². The molecule has 0 saturated carbocycles. The van der Waals surface area contributed by atoms with Crippen LogP contribution in [0.3, 0.4) is 0 Å². The molecule has 2 aliphatic heterocycles. The highest BCUT2D eigenvalue weighted by Gasteiger charge is 2.37. The standard InChI is InChI=1S/C33H38ClN3O2/c34-30-12-7-11-28(22-30)24-36-25-29(23-32(36)38)33(39)37(31-13-5-2-6-14-31)18-8-17-35-19-15-27(16-20-35)21-26-9-3-1-4-10-26/h1-7,9-14,22,27,29H,8,15-21,23-25H2. The zero-order chi connectivity index (χ0) is 27.0. The maximum Gasteiger partial charge on any atom is 0.232 e. The maximum atomic E-state index is 13.8. The van der Waals surface area contributed by atoms with Crippen LogP contribution in [0.15, 0.2) is 84.9 Å². The van der Waals surface area contributed by atoms with E-state index in [1.54, 1.807) is 4.90 Å². The van der Waals surface area contributed by atoms with Crippen LogP contribution >= 0.6 is 11.6 Å². The summed E-state index contributed by atoms with van der Waals surface area (Å²) >= 11 is 6.13. The number of para-hydroxylation sites is 1. The second kappa shape index (κ2) is 13.3. The van der Waals surface area contributed by atoms with Crippen LogP contribution in [0.5, 0.6) is 0 Å². The van der Waals surface area contributed by atoms with Gasteiger partial charge in [-0.15, -0.1) is 0 Å². The Hall–Kier alpha value is -3.15. The van der Waals surface area contributed by atoms with Gasteiger partial charge < -0.3 is 14.7 Å². The SMILES string of the molecule is O=C1CC(C(=O)N(CCCN2CCC(Cc3ccccc3)CC2)c2ccccc2)CN1Cc1cccc(Cl)c1. The van der Waals surface area contributed by atoms with Crippen LogP contribution in [0, 0.1) is 11.8 Å². The van der Waals surface area contributed by atoms with Gasteiger partial charge in [0.05, 0.1) is 5.92 Å². The van der Waals surface area contributed by atoms with Crippen molar-refractivity contribution >= 4 is 29.1 Å². The van der Waals surface area contributed by atoms with Crippen molar-refractivity contribution in [2.75, 3.05) is 37.6 Å². The summed E-state index contributed by atoms with van der Waals surface area (Å²) in [7, 11) is 0. The summed E-state index contributed by atoms with van der Waals surface area (Å²) in [5.41, 5.74) is 3.32.